The molecule has 3 aliphatic rings. The number of rotatable bonds is 9. The van der Waals surface area contributed by atoms with Crippen molar-refractivity contribution < 1.29 is 23.1 Å². The van der Waals surface area contributed by atoms with Crippen LogP contribution in [0.2, 0.25) is 0 Å². The molecule has 2 N–H and O–H groups in total. The minimum atomic E-state index is -0.914. The first-order valence-corrected chi connectivity index (χ1v) is 16.1. The van der Waals surface area contributed by atoms with Gasteiger partial charge in [0.15, 0.2) is 17.5 Å². The van der Waals surface area contributed by atoms with Crippen LogP contribution in [-0.2, 0) is 9.63 Å². The van der Waals surface area contributed by atoms with Gasteiger partial charge in [-0.05, 0) is 45.0 Å². The van der Waals surface area contributed by atoms with Gasteiger partial charge in [0.1, 0.15) is 17.9 Å². The Bertz CT molecular complexity index is 1600. The standard InChI is InChI=1S/C34H42F2N8O3/c1-5-33(45)40-26-17-27(30(46-4)18-29(26)42-12-9-23(10-13-42)43-15-14-41(3)22(2)20-43)39-31-19-32(38-21-37-31)44-28(11-16-47-44)24-7-6-8-25(35)34(24)36/h5-8,17-19,21-23,28H,1,9-16,20H2,2-4H3,(H,40,45)(H,37,38,39)/t22-,28+/m0/s1. The minimum absolute atomic E-state index is 0.192. The Hall–Kier alpha value is -4.33. The average Bonchev–Trinajstić information content (AvgIpc) is 3.57. The highest BCUT2D eigenvalue weighted by molar-refractivity contribution is 6.02. The largest absolute Gasteiger partial charge is 0.494 e. The number of ether oxygens (including phenoxy) is 1. The van der Waals surface area contributed by atoms with Crippen LogP contribution in [0.5, 0.6) is 5.75 Å². The molecule has 1 amide bonds. The number of anilines is 5. The van der Waals surface area contributed by atoms with E-state index in [2.05, 4.69) is 55.9 Å². The molecule has 2 atom stereocenters. The van der Waals surface area contributed by atoms with E-state index in [9.17, 15) is 13.6 Å². The summed E-state index contributed by atoms with van der Waals surface area (Å²) < 4.78 is 34.5. The smallest absolute Gasteiger partial charge is 0.247 e. The van der Waals surface area contributed by atoms with Crippen LogP contribution < -0.4 is 25.3 Å². The molecule has 47 heavy (non-hydrogen) atoms. The van der Waals surface area contributed by atoms with Crippen molar-refractivity contribution in [1.29, 1.82) is 0 Å². The predicted molar refractivity (Wildman–Crippen MR) is 178 cm³/mol. The molecule has 2 aromatic carbocycles. The van der Waals surface area contributed by atoms with E-state index in [-0.39, 0.29) is 11.5 Å². The van der Waals surface area contributed by atoms with Crippen molar-refractivity contribution in [3.63, 3.8) is 0 Å². The number of piperazine rings is 1. The van der Waals surface area contributed by atoms with Crippen molar-refractivity contribution in [2.45, 2.75) is 44.3 Å². The van der Waals surface area contributed by atoms with Gasteiger partial charge in [0.25, 0.3) is 0 Å². The van der Waals surface area contributed by atoms with Crippen LogP contribution in [0.15, 0.2) is 55.4 Å². The number of piperidine rings is 1. The van der Waals surface area contributed by atoms with Gasteiger partial charge in [0.05, 0.1) is 36.8 Å². The summed E-state index contributed by atoms with van der Waals surface area (Å²) in [7, 11) is 3.78. The Morgan fingerprint density at radius 3 is 2.64 bits per heavy atom. The summed E-state index contributed by atoms with van der Waals surface area (Å²) in [4.78, 5) is 34.4. The number of nitrogens with one attached hydrogen (secondary N) is 2. The van der Waals surface area contributed by atoms with Gasteiger partial charge in [-0.2, -0.15) is 0 Å². The molecule has 13 heteroatoms. The lowest BCUT2D eigenvalue weighted by Gasteiger charge is -2.45. The molecular weight excluding hydrogens is 606 g/mol. The second-order valence-corrected chi connectivity index (χ2v) is 12.3. The number of carbonyl (C=O) groups is 1. The Morgan fingerprint density at radius 1 is 1.09 bits per heavy atom. The molecule has 0 unspecified atom stereocenters. The highest BCUT2D eigenvalue weighted by Crippen LogP contribution is 2.41. The highest BCUT2D eigenvalue weighted by atomic mass is 19.2. The second-order valence-electron chi connectivity index (χ2n) is 12.3. The molecule has 0 radical (unpaired) electrons. The van der Waals surface area contributed by atoms with E-state index in [1.54, 1.807) is 19.2 Å². The van der Waals surface area contributed by atoms with Crippen LogP contribution in [0.25, 0.3) is 0 Å². The zero-order valence-corrected chi connectivity index (χ0v) is 27.1. The lowest BCUT2D eigenvalue weighted by atomic mass is 10.00. The Kier molecular flexibility index (Phi) is 9.85. The van der Waals surface area contributed by atoms with E-state index in [1.807, 2.05) is 12.1 Å². The number of likely N-dealkylation sites (N-methyl/N-ethyl adjacent to an activating group) is 1. The van der Waals surface area contributed by atoms with Gasteiger partial charge in [0.2, 0.25) is 5.91 Å². The SMILES string of the molecule is C=CC(=O)Nc1cc(Nc2cc(N3OCC[C@@H]3c3cccc(F)c3F)ncn2)c(OC)cc1N1CCC(N2CCN(C)[C@@H](C)C2)CC1. The fourth-order valence-corrected chi connectivity index (χ4v) is 6.69. The number of aromatic nitrogens is 2. The van der Waals surface area contributed by atoms with Crippen molar-refractivity contribution in [3.05, 3.63) is 72.6 Å². The molecule has 3 aromatic rings. The number of amides is 1. The molecule has 1 aromatic heterocycles. The summed E-state index contributed by atoms with van der Waals surface area (Å²) in [5.74, 6) is -0.792. The van der Waals surface area contributed by atoms with Crippen LogP contribution in [0.4, 0.5) is 37.5 Å². The number of nitrogens with zero attached hydrogens (tertiary/aromatic N) is 6. The quantitative estimate of drug-likeness (QED) is 0.305. The Labute approximate surface area is 274 Å². The van der Waals surface area contributed by atoms with E-state index in [1.165, 1.54) is 23.5 Å². The Morgan fingerprint density at radius 2 is 1.89 bits per heavy atom. The van der Waals surface area contributed by atoms with Gasteiger partial charge in [-0.1, -0.05) is 18.7 Å². The first-order valence-electron chi connectivity index (χ1n) is 16.1. The molecule has 250 valence electrons. The van der Waals surface area contributed by atoms with Gasteiger partial charge in [-0.3, -0.25) is 14.5 Å². The van der Waals surface area contributed by atoms with Gasteiger partial charge >= 0.3 is 0 Å². The maximum absolute atomic E-state index is 14.7. The lowest BCUT2D eigenvalue weighted by molar-refractivity contribution is -0.111. The van der Waals surface area contributed by atoms with Crippen molar-refractivity contribution >= 4 is 34.6 Å². The minimum Gasteiger partial charge on any atom is -0.494 e. The van der Waals surface area contributed by atoms with Crippen LogP contribution in [-0.4, -0.2) is 91.2 Å². The lowest BCUT2D eigenvalue weighted by Crippen LogP contribution is -2.55. The zero-order chi connectivity index (χ0) is 33.1. The molecule has 3 saturated heterocycles. The van der Waals surface area contributed by atoms with Crippen molar-refractivity contribution in [2.24, 2.45) is 0 Å². The molecule has 3 aliphatic heterocycles. The topological polar surface area (TPSA) is 98.3 Å². The summed E-state index contributed by atoms with van der Waals surface area (Å²) in [6, 6.07) is 10.0. The van der Waals surface area contributed by atoms with Gasteiger partial charge in [0, 0.05) is 68.9 Å². The van der Waals surface area contributed by atoms with E-state index in [0.717, 1.165) is 57.3 Å². The van der Waals surface area contributed by atoms with Gasteiger partial charge in [-0.25, -0.2) is 23.8 Å². The summed E-state index contributed by atoms with van der Waals surface area (Å²) in [5.41, 5.74) is 2.24. The average molecular weight is 649 g/mol. The molecule has 11 nitrogen and oxygen atoms in total. The van der Waals surface area contributed by atoms with Crippen molar-refractivity contribution in [2.75, 3.05) is 74.1 Å². The summed E-state index contributed by atoms with van der Waals surface area (Å²) in [6.07, 6.45) is 5.12. The summed E-state index contributed by atoms with van der Waals surface area (Å²) in [6.45, 7) is 11.2. The maximum atomic E-state index is 14.7. The number of halogens is 2. The predicted octanol–water partition coefficient (Wildman–Crippen LogP) is 5.12. The fraction of sp³-hybridized carbons (Fsp3) is 0.441. The first-order chi connectivity index (χ1) is 22.7. The molecule has 0 aliphatic carbocycles. The number of hydrogen-bond donors (Lipinski definition) is 2. The number of hydroxylamine groups is 1. The van der Waals surface area contributed by atoms with E-state index >= 15 is 0 Å². The molecule has 0 bridgehead atoms. The van der Waals surface area contributed by atoms with E-state index in [0.29, 0.717) is 53.9 Å². The van der Waals surface area contributed by atoms with Crippen LogP contribution in [0, 0.1) is 11.6 Å². The number of methoxy groups -OCH3 is 1. The van der Waals surface area contributed by atoms with Crippen molar-refractivity contribution in [1.82, 2.24) is 19.8 Å². The van der Waals surface area contributed by atoms with E-state index in [4.69, 9.17) is 9.57 Å². The third-order valence-electron chi connectivity index (χ3n) is 9.46. The molecule has 3 fully saturated rings. The highest BCUT2D eigenvalue weighted by Gasteiger charge is 2.33. The Balaban J connectivity index is 1.23. The van der Waals surface area contributed by atoms with Gasteiger partial charge < -0.3 is 25.2 Å². The molecule has 0 saturated carbocycles. The third-order valence-corrected chi connectivity index (χ3v) is 9.46. The molecule has 4 heterocycles. The number of carbonyl (C=O) groups excluding carboxylic acids is 1. The molecular formula is C34H42F2N8O3. The van der Waals surface area contributed by atoms with Gasteiger partial charge in [-0.15, -0.1) is 0 Å². The normalized spacial score (nSPS) is 21.1. The monoisotopic (exact) mass is 648 g/mol. The van der Waals surface area contributed by atoms with E-state index < -0.39 is 17.7 Å². The van der Waals surface area contributed by atoms with Crippen LogP contribution in [0.1, 0.15) is 37.8 Å². The van der Waals surface area contributed by atoms with Crippen molar-refractivity contribution in [3.8, 4) is 5.75 Å². The molecule has 6 rings (SSSR count). The summed E-state index contributed by atoms with van der Waals surface area (Å²) >= 11 is 0. The number of hydrogen-bond acceptors (Lipinski definition) is 10. The number of benzene rings is 2. The zero-order valence-electron chi connectivity index (χ0n) is 27.1. The first kappa shape index (κ1) is 32.6. The van der Waals surface area contributed by atoms with Crippen LogP contribution in [0.3, 0.4) is 0 Å². The second kappa shape index (κ2) is 14.2. The fourth-order valence-electron chi connectivity index (χ4n) is 6.69. The summed E-state index contributed by atoms with van der Waals surface area (Å²) in [5, 5.41) is 7.74. The van der Waals surface area contributed by atoms with Crippen LogP contribution >= 0.6 is 0 Å². The third kappa shape index (κ3) is 7.02. The molecule has 0 spiro atoms. The maximum Gasteiger partial charge on any atom is 0.247 e.